The molecular formula is C23H22Cl2N2O5PS+. The first-order chi connectivity index (χ1) is 16.1. The number of benzene rings is 3. The first kappa shape index (κ1) is 25.1. The fourth-order valence-corrected chi connectivity index (χ4v) is 5.98. The van der Waals surface area contributed by atoms with Crippen molar-refractivity contribution in [3.05, 3.63) is 93.0 Å². The van der Waals surface area contributed by atoms with Crippen molar-refractivity contribution in [2.75, 3.05) is 18.3 Å². The van der Waals surface area contributed by atoms with Crippen LogP contribution in [0.15, 0.2) is 65.6 Å². The predicted octanol–water partition coefficient (Wildman–Crippen LogP) is 5.54. The van der Waals surface area contributed by atoms with E-state index in [1.165, 1.54) is 0 Å². The summed E-state index contributed by atoms with van der Waals surface area (Å²) in [4.78, 5) is 11.0. The van der Waals surface area contributed by atoms with Crippen LogP contribution in [-0.4, -0.2) is 31.8 Å². The summed E-state index contributed by atoms with van der Waals surface area (Å²) in [7, 11) is -4.55. The minimum Gasteiger partial charge on any atom is -0.301 e. The summed E-state index contributed by atoms with van der Waals surface area (Å²) in [5, 5.41) is 1.15. The van der Waals surface area contributed by atoms with Crippen LogP contribution in [0.3, 0.4) is 0 Å². The molecule has 7 nitrogen and oxygen atoms in total. The number of hydrogen-bond acceptors (Lipinski definition) is 5. The Kier molecular flexibility index (Phi) is 7.60. The van der Waals surface area contributed by atoms with Crippen LogP contribution in [0.1, 0.15) is 28.2 Å². The summed E-state index contributed by atoms with van der Waals surface area (Å²) < 4.78 is 44.1. The molecule has 2 unspecified atom stereocenters. The second kappa shape index (κ2) is 10.3. The zero-order valence-electron chi connectivity index (χ0n) is 18.1. The van der Waals surface area contributed by atoms with E-state index in [9.17, 15) is 13.0 Å². The molecule has 0 radical (unpaired) electrons. The van der Waals surface area contributed by atoms with Crippen molar-refractivity contribution in [2.24, 2.45) is 0 Å². The minimum atomic E-state index is -3.85. The predicted molar refractivity (Wildman–Crippen MR) is 133 cm³/mol. The average Bonchev–Trinajstić information content (AvgIpc) is 2.78. The van der Waals surface area contributed by atoms with Crippen molar-refractivity contribution in [3.8, 4) is 0 Å². The summed E-state index contributed by atoms with van der Waals surface area (Å²) in [5.41, 5.74) is 3.84. The van der Waals surface area contributed by atoms with E-state index in [2.05, 4.69) is 14.1 Å². The number of halogens is 2. The van der Waals surface area contributed by atoms with Gasteiger partial charge in [0.25, 0.3) is 10.0 Å². The van der Waals surface area contributed by atoms with E-state index < -0.39 is 18.3 Å². The van der Waals surface area contributed by atoms with Crippen LogP contribution in [0, 0.1) is 0 Å². The third-order valence-electron chi connectivity index (χ3n) is 5.61. The molecule has 3 aromatic carbocycles. The lowest BCUT2D eigenvalue weighted by Gasteiger charge is -2.33. The Labute approximate surface area is 209 Å². The molecule has 0 aromatic heterocycles. The third kappa shape index (κ3) is 5.78. The molecule has 1 heterocycles. The molecule has 11 heteroatoms. The van der Waals surface area contributed by atoms with Crippen molar-refractivity contribution in [1.29, 1.82) is 0 Å². The second-order valence-corrected chi connectivity index (χ2v) is 11.4. The van der Waals surface area contributed by atoms with Gasteiger partial charge in [0.2, 0.25) is 0 Å². The Morgan fingerprint density at radius 3 is 2.59 bits per heavy atom. The van der Waals surface area contributed by atoms with Crippen LogP contribution < -0.4 is 4.72 Å². The molecule has 0 saturated heterocycles. The quantitative estimate of drug-likeness (QED) is 0.383. The molecule has 4 rings (SSSR count). The first-order valence-electron chi connectivity index (χ1n) is 10.3. The van der Waals surface area contributed by atoms with Crippen molar-refractivity contribution >= 4 is 47.2 Å². The third-order valence-corrected chi connectivity index (χ3v) is 7.90. The van der Waals surface area contributed by atoms with E-state index in [4.69, 9.17) is 28.1 Å². The molecule has 0 aliphatic carbocycles. The number of nitrogens with zero attached hydrogens (tertiary/aromatic N) is 1. The average molecular weight is 540 g/mol. The highest BCUT2D eigenvalue weighted by molar-refractivity contribution is 7.92. The molecule has 2 atom stereocenters. The number of hydrogen-bond donors (Lipinski definition) is 2. The smallest absolute Gasteiger partial charge is 0.301 e. The van der Waals surface area contributed by atoms with Gasteiger partial charge in [0, 0.05) is 39.3 Å². The van der Waals surface area contributed by atoms with E-state index in [0.29, 0.717) is 34.4 Å². The van der Waals surface area contributed by atoms with Crippen LogP contribution in [0.25, 0.3) is 0 Å². The maximum Gasteiger partial charge on any atom is 0.695 e. The van der Waals surface area contributed by atoms with Gasteiger partial charge >= 0.3 is 8.25 Å². The van der Waals surface area contributed by atoms with E-state index >= 15 is 0 Å². The minimum absolute atomic E-state index is 0.0495. The Bertz CT molecular complexity index is 1340. The van der Waals surface area contributed by atoms with Crippen LogP contribution in [0.2, 0.25) is 10.0 Å². The summed E-state index contributed by atoms with van der Waals surface area (Å²) in [6, 6.07) is 16.9. The van der Waals surface area contributed by atoms with Crippen LogP contribution >= 0.6 is 31.5 Å². The number of likely N-dealkylation sites (N-methyl/N-ethyl adjacent to an activating group) is 1. The molecular weight excluding hydrogens is 518 g/mol. The monoisotopic (exact) mass is 539 g/mol. The van der Waals surface area contributed by atoms with E-state index in [0.717, 1.165) is 16.7 Å². The standard InChI is InChI=1S/C23H21Cl2N2O5PS/c1-27-12-21(20-10-17(24)11-23(25)22(20)13-27)16-3-2-4-19(9-16)34(30,31)26-18-7-5-15(6-8-18)14-32-33(28)29/h2-11,21,26H,12-14H2,1H3/p+1. The van der Waals surface area contributed by atoms with Crippen LogP contribution in [0.5, 0.6) is 0 Å². The molecule has 0 spiro atoms. The van der Waals surface area contributed by atoms with Gasteiger partial charge < -0.3 is 4.90 Å². The zero-order chi connectivity index (χ0) is 24.5. The number of nitrogens with one attached hydrogen (secondary N) is 1. The molecule has 34 heavy (non-hydrogen) atoms. The largest absolute Gasteiger partial charge is 0.695 e. The van der Waals surface area contributed by atoms with Gasteiger partial charge in [-0.05, 0) is 65.7 Å². The molecule has 0 bridgehead atoms. The number of anilines is 1. The van der Waals surface area contributed by atoms with Gasteiger partial charge in [0.1, 0.15) is 6.61 Å². The van der Waals surface area contributed by atoms with Crippen molar-refractivity contribution in [3.63, 3.8) is 0 Å². The maximum atomic E-state index is 13.1. The lowest BCUT2D eigenvalue weighted by molar-refractivity contribution is 0.272. The molecule has 178 valence electrons. The number of rotatable bonds is 7. The summed E-state index contributed by atoms with van der Waals surface area (Å²) >= 11 is 12.7. The SMILES string of the molecule is CN1Cc2c(Cl)cc(Cl)cc2C(c2cccc(S(=O)(=O)Nc3ccc(CO[P+](=O)O)cc3)c2)C1. The van der Waals surface area contributed by atoms with E-state index in [1.807, 2.05) is 19.2 Å². The molecule has 1 aliphatic heterocycles. The van der Waals surface area contributed by atoms with Gasteiger partial charge in [-0.25, -0.2) is 8.42 Å². The fourth-order valence-electron chi connectivity index (χ4n) is 4.04. The van der Waals surface area contributed by atoms with E-state index in [-0.39, 0.29) is 17.4 Å². The van der Waals surface area contributed by atoms with Gasteiger partial charge in [0.05, 0.1) is 4.90 Å². The Morgan fingerprint density at radius 2 is 1.88 bits per heavy atom. The number of fused-ring (bicyclic) bond motifs is 1. The highest BCUT2D eigenvalue weighted by Crippen LogP contribution is 2.39. The van der Waals surface area contributed by atoms with Crippen molar-refractivity contribution in [1.82, 2.24) is 4.90 Å². The lowest BCUT2D eigenvalue weighted by atomic mass is 9.85. The molecule has 1 aliphatic rings. The Morgan fingerprint density at radius 1 is 1.15 bits per heavy atom. The highest BCUT2D eigenvalue weighted by Gasteiger charge is 2.28. The van der Waals surface area contributed by atoms with Crippen molar-refractivity contribution in [2.45, 2.75) is 24.0 Å². The summed E-state index contributed by atoms with van der Waals surface area (Å²) in [5.74, 6) is -0.0857. The topological polar surface area (TPSA) is 95.9 Å². The molecule has 0 saturated carbocycles. The van der Waals surface area contributed by atoms with Crippen LogP contribution in [0.4, 0.5) is 5.69 Å². The van der Waals surface area contributed by atoms with Gasteiger partial charge in [-0.2, -0.15) is 0 Å². The normalized spacial score (nSPS) is 16.7. The molecule has 2 N–H and O–H groups in total. The van der Waals surface area contributed by atoms with E-state index in [1.54, 1.807) is 48.5 Å². The van der Waals surface area contributed by atoms with Gasteiger partial charge in [-0.15, -0.1) is 9.42 Å². The number of sulfonamides is 1. The second-order valence-electron chi connectivity index (χ2n) is 8.09. The highest BCUT2D eigenvalue weighted by atomic mass is 35.5. The summed E-state index contributed by atoms with van der Waals surface area (Å²) in [6.07, 6.45) is 0. The van der Waals surface area contributed by atoms with Crippen LogP contribution in [-0.2, 0) is 32.3 Å². The van der Waals surface area contributed by atoms with Gasteiger partial charge in [-0.3, -0.25) is 4.72 Å². The zero-order valence-corrected chi connectivity index (χ0v) is 21.3. The Balaban J connectivity index is 1.60. The molecule has 0 fully saturated rings. The molecule has 0 amide bonds. The fraction of sp³-hybridized carbons (Fsp3) is 0.217. The molecule has 3 aromatic rings. The Hall–Kier alpha value is -2.03. The van der Waals surface area contributed by atoms with Gasteiger partial charge in [-0.1, -0.05) is 47.5 Å². The summed E-state index contributed by atoms with van der Waals surface area (Å²) in [6.45, 7) is 1.34. The van der Waals surface area contributed by atoms with Gasteiger partial charge in [0.15, 0.2) is 0 Å². The van der Waals surface area contributed by atoms with Crippen molar-refractivity contribution < 1.29 is 22.4 Å². The first-order valence-corrected chi connectivity index (χ1v) is 13.7. The maximum absolute atomic E-state index is 13.1. The lowest BCUT2D eigenvalue weighted by Crippen LogP contribution is -2.31.